The Bertz CT molecular complexity index is 1490. The van der Waals surface area contributed by atoms with Crippen LogP contribution in [-0.2, 0) is 42.2 Å². The molecule has 0 saturated heterocycles. The van der Waals surface area contributed by atoms with Gasteiger partial charge in [0.2, 0.25) is 0 Å². The van der Waals surface area contributed by atoms with Gasteiger partial charge in [-0.2, -0.15) is 0 Å². The number of ether oxygens (including phenoxy) is 3. The topological polar surface area (TPSA) is 155 Å². The van der Waals surface area contributed by atoms with Gasteiger partial charge < -0.3 is 24.2 Å². The Morgan fingerprint density at radius 1 is 0.403 bits per heavy atom. The minimum atomic E-state index is -4.75. The van der Waals surface area contributed by atoms with E-state index in [0.29, 0.717) is 19.3 Å². The molecule has 0 radical (unpaired) electrons. The average molecular weight is 1030 g/mol. The molecule has 0 aromatic heterocycles. The molecule has 3 unspecified atom stereocenters. The van der Waals surface area contributed by atoms with Crippen molar-refractivity contribution in [1.29, 1.82) is 0 Å². The molecule has 0 rings (SSSR count). The van der Waals surface area contributed by atoms with E-state index in [1.807, 2.05) is 0 Å². The first-order valence-corrected chi connectivity index (χ1v) is 30.3. The normalized spacial score (nSPS) is 13.9. The Balaban J connectivity index is 4.75. The summed E-state index contributed by atoms with van der Waals surface area (Å²) in [4.78, 5) is 48.5. The van der Waals surface area contributed by atoms with E-state index in [9.17, 15) is 28.9 Å². The van der Waals surface area contributed by atoms with Crippen LogP contribution in [0.3, 0.4) is 0 Å². The van der Waals surface area contributed by atoms with Gasteiger partial charge in [-0.1, -0.05) is 203 Å². The Hall–Kier alpha value is -3.08. The maximum Gasteiger partial charge on any atom is 0.472 e. The molecule has 0 aliphatic carbocycles. The van der Waals surface area contributed by atoms with Crippen LogP contribution in [0, 0.1) is 0 Å². The summed E-state index contributed by atoms with van der Waals surface area (Å²) in [7, 11) is -4.75. The number of aliphatic hydroxyl groups is 1. The third kappa shape index (κ3) is 51.8. The predicted molar refractivity (Wildman–Crippen MR) is 298 cm³/mol. The van der Waals surface area contributed by atoms with E-state index in [2.05, 4.69) is 93.7 Å². The highest BCUT2D eigenvalue weighted by Gasteiger charge is 2.28. The minimum Gasteiger partial charge on any atom is -0.462 e. The van der Waals surface area contributed by atoms with Crippen molar-refractivity contribution >= 4 is 25.7 Å². The average Bonchev–Trinajstić information content (AvgIpc) is 3.37. The summed E-state index contributed by atoms with van der Waals surface area (Å²) in [6, 6.07) is 0. The molecule has 3 atom stereocenters. The number of hydrogen-bond donors (Lipinski definition) is 2. The van der Waals surface area contributed by atoms with Gasteiger partial charge >= 0.3 is 25.7 Å². The van der Waals surface area contributed by atoms with E-state index in [1.165, 1.54) is 51.4 Å². The molecule has 12 heteroatoms. The Morgan fingerprint density at radius 2 is 0.736 bits per heavy atom. The van der Waals surface area contributed by atoms with E-state index < -0.39 is 57.8 Å². The largest absolute Gasteiger partial charge is 0.472 e. The van der Waals surface area contributed by atoms with Crippen LogP contribution in [0.2, 0.25) is 0 Å². The number of carbonyl (C=O) groups excluding carboxylic acids is 3. The molecule has 416 valence electrons. The molecular weight excluding hydrogens is 928 g/mol. The number of allylic oxidation sites excluding steroid dienone is 12. The van der Waals surface area contributed by atoms with Crippen molar-refractivity contribution in [3.63, 3.8) is 0 Å². The lowest BCUT2D eigenvalue weighted by Crippen LogP contribution is -2.30. The fraction of sp³-hybridized carbons (Fsp3) is 0.750. The third-order valence-corrected chi connectivity index (χ3v) is 13.0. The molecule has 11 nitrogen and oxygen atoms in total. The van der Waals surface area contributed by atoms with Crippen molar-refractivity contribution < 1.29 is 52.2 Å². The number of unbranched alkanes of at least 4 members (excludes halogenated alkanes) is 24. The maximum atomic E-state index is 12.9. The molecule has 2 N–H and O–H groups in total. The van der Waals surface area contributed by atoms with Gasteiger partial charge in [-0.25, -0.2) is 4.57 Å². The number of phosphoric ester groups is 1. The zero-order valence-corrected chi connectivity index (χ0v) is 46.8. The highest BCUT2D eigenvalue weighted by molar-refractivity contribution is 7.47. The van der Waals surface area contributed by atoms with E-state index in [4.69, 9.17) is 23.3 Å². The lowest BCUT2D eigenvalue weighted by atomic mass is 10.1. The van der Waals surface area contributed by atoms with Crippen LogP contribution < -0.4 is 0 Å². The maximum absolute atomic E-state index is 12.9. The molecule has 0 aliphatic heterocycles. The lowest BCUT2D eigenvalue weighted by molar-refractivity contribution is -0.161. The molecule has 0 aliphatic rings. The van der Waals surface area contributed by atoms with Crippen LogP contribution in [0.15, 0.2) is 72.9 Å². The second-order valence-electron chi connectivity index (χ2n) is 19.1. The molecule has 72 heavy (non-hydrogen) atoms. The highest BCUT2D eigenvalue weighted by Crippen LogP contribution is 2.43. The van der Waals surface area contributed by atoms with Crippen LogP contribution in [-0.4, -0.2) is 66.5 Å². The second kappa shape index (κ2) is 54.2. The molecule has 0 heterocycles. The van der Waals surface area contributed by atoms with Crippen LogP contribution in [0.1, 0.15) is 252 Å². The zero-order valence-electron chi connectivity index (χ0n) is 45.9. The molecule has 0 saturated carbocycles. The number of phosphoric acid groups is 1. The van der Waals surface area contributed by atoms with Crippen molar-refractivity contribution in [1.82, 2.24) is 0 Å². The summed E-state index contributed by atoms with van der Waals surface area (Å²) < 4.78 is 39.5. The summed E-state index contributed by atoms with van der Waals surface area (Å²) in [6.45, 7) is 4.46. The van der Waals surface area contributed by atoms with Crippen molar-refractivity contribution in [3.8, 4) is 0 Å². The third-order valence-electron chi connectivity index (χ3n) is 12.1. The van der Waals surface area contributed by atoms with Gasteiger partial charge in [0.25, 0.3) is 0 Å². The first-order valence-electron chi connectivity index (χ1n) is 28.8. The van der Waals surface area contributed by atoms with Gasteiger partial charge in [0.1, 0.15) is 12.7 Å². The smallest absolute Gasteiger partial charge is 0.462 e. The van der Waals surface area contributed by atoms with E-state index in [1.54, 1.807) is 0 Å². The lowest BCUT2D eigenvalue weighted by Gasteiger charge is -2.21. The molecule has 0 bridgehead atoms. The second-order valence-corrected chi connectivity index (χ2v) is 20.5. The summed E-state index contributed by atoms with van der Waals surface area (Å²) in [5, 5.41) is 9.79. The van der Waals surface area contributed by atoms with Gasteiger partial charge in [0.15, 0.2) is 6.10 Å². The molecule has 0 amide bonds. The van der Waals surface area contributed by atoms with Crippen LogP contribution in [0.25, 0.3) is 0 Å². The van der Waals surface area contributed by atoms with Crippen LogP contribution >= 0.6 is 7.82 Å². The Morgan fingerprint density at radius 3 is 1.17 bits per heavy atom. The predicted octanol–water partition coefficient (Wildman–Crippen LogP) is 16.9. The van der Waals surface area contributed by atoms with Crippen molar-refractivity contribution in [2.75, 3.05) is 26.4 Å². The van der Waals surface area contributed by atoms with E-state index >= 15 is 0 Å². The molecule has 0 aromatic carbocycles. The standard InChI is InChI=1S/C60H105O11P/c1-4-7-10-13-16-19-22-24-26-27-28-29-31-32-35-37-40-43-46-49-58(62)67-53-57(71-60(64)51-48-45-42-39-36-33-30-25-23-20-17-14-11-8-5-2)55-69-72(65,66)68-54-56(52-61)70-59(63)50-47-44-41-38-34-21-18-15-12-9-6-3/h7,10,15-16,18-19,24-26,28-30,56-57,61H,4-6,8-9,11-14,17,20-23,27,31-55H2,1-3H3,(H,65,66)/b10-7-,18-15-,19-16-,26-24-,29-28-,30-25-. The van der Waals surface area contributed by atoms with E-state index in [-0.39, 0.29) is 25.9 Å². The van der Waals surface area contributed by atoms with Gasteiger partial charge in [0.05, 0.1) is 19.8 Å². The fourth-order valence-corrected chi connectivity index (χ4v) is 8.46. The first-order chi connectivity index (χ1) is 35.2. The van der Waals surface area contributed by atoms with Crippen molar-refractivity contribution in [2.24, 2.45) is 0 Å². The van der Waals surface area contributed by atoms with Crippen LogP contribution in [0.4, 0.5) is 0 Å². The summed E-state index contributed by atoms with van der Waals surface area (Å²) >= 11 is 0. The van der Waals surface area contributed by atoms with Gasteiger partial charge in [-0.05, 0) is 103 Å². The minimum absolute atomic E-state index is 0.152. The van der Waals surface area contributed by atoms with Gasteiger partial charge in [0, 0.05) is 19.3 Å². The number of rotatable bonds is 53. The van der Waals surface area contributed by atoms with Gasteiger partial charge in [-0.15, -0.1) is 0 Å². The zero-order chi connectivity index (χ0) is 52.7. The first kappa shape index (κ1) is 68.9. The summed E-state index contributed by atoms with van der Waals surface area (Å²) in [5.41, 5.74) is 0. The molecule has 0 fully saturated rings. The van der Waals surface area contributed by atoms with Crippen molar-refractivity contribution in [3.05, 3.63) is 72.9 Å². The molecule has 0 spiro atoms. The van der Waals surface area contributed by atoms with Crippen LogP contribution in [0.5, 0.6) is 0 Å². The summed E-state index contributed by atoms with van der Waals surface area (Å²) in [5.74, 6) is -1.50. The number of esters is 3. The van der Waals surface area contributed by atoms with Crippen molar-refractivity contribution in [2.45, 2.75) is 264 Å². The fourth-order valence-electron chi connectivity index (χ4n) is 7.68. The highest BCUT2D eigenvalue weighted by atomic mass is 31.2. The van der Waals surface area contributed by atoms with Gasteiger partial charge in [-0.3, -0.25) is 23.4 Å². The number of aliphatic hydroxyl groups excluding tert-OH is 1. The van der Waals surface area contributed by atoms with E-state index in [0.717, 1.165) is 141 Å². The quantitative estimate of drug-likeness (QED) is 0.0197. The molecular formula is C60H105O11P. The monoisotopic (exact) mass is 1030 g/mol. The Kier molecular flexibility index (Phi) is 51.9. The SMILES string of the molecule is CC/C=C\C/C=C\C/C=C\C/C=C\CCCCCCCCC(=O)OCC(COP(=O)(O)OCC(CO)OC(=O)CCCCCCC/C=C\CCCC)OC(=O)CCCCCCC/C=C\CCCCCCCC. The number of carbonyl (C=O) groups is 3. The summed E-state index contributed by atoms with van der Waals surface area (Å²) in [6.07, 6.45) is 60.0. The Labute approximate surface area is 439 Å². The number of hydrogen-bond acceptors (Lipinski definition) is 10. The molecule has 0 aromatic rings.